The van der Waals surface area contributed by atoms with Crippen LogP contribution in [-0.2, 0) is 19.4 Å². The van der Waals surface area contributed by atoms with Gasteiger partial charge >= 0.3 is 0 Å². The van der Waals surface area contributed by atoms with E-state index in [-0.39, 0.29) is 0 Å². The number of nitrogens with zero attached hydrogens (tertiary/aromatic N) is 1. The SMILES string of the molecule is CCc1cc(CC)n(CC)c1. The maximum atomic E-state index is 2.33. The molecule has 1 heteroatoms. The van der Waals surface area contributed by atoms with E-state index in [1.165, 1.54) is 11.3 Å². The van der Waals surface area contributed by atoms with Crippen LogP contribution in [0.1, 0.15) is 32.0 Å². The van der Waals surface area contributed by atoms with Crippen LogP contribution in [0, 0.1) is 0 Å². The summed E-state index contributed by atoms with van der Waals surface area (Å²) in [5.74, 6) is 0. The van der Waals surface area contributed by atoms with Crippen LogP contribution < -0.4 is 0 Å². The van der Waals surface area contributed by atoms with Gasteiger partial charge in [0, 0.05) is 18.4 Å². The normalized spacial score (nSPS) is 10.5. The molecule has 0 aliphatic heterocycles. The molecule has 0 radical (unpaired) electrons. The van der Waals surface area contributed by atoms with Crippen LogP contribution in [0.3, 0.4) is 0 Å². The summed E-state index contributed by atoms with van der Waals surface area (Å²) in [6.07, 6.45) is 4.56. The molecule has 0 unspecified atom stereocenters. The van der Waals surface area contributed by atoms with Gasteiger partial charge in [0.1, 0.15) is 0 Å². The van der Waals surface area contributed by atoms with Crippen molar-refractivity contribution in [3.05, 3.63) is 23.5 Å². The Morgan fingerprint density at radius 1 is 1.18 bits per heavy atom. The van der Waals surface area contributed by atoms with Gasteiger partial charge in [-0.15, -0.1) is 0 Å². The smallest absolute Gasteiger partial charge is 0.0193 e. The molecular weight excluding hydrogens is 134 g/mol. The molecule has 0 saturated carbocycles. The van der Waals surface area contributed by atoms with E-state index in [4.69, 9.17) is 0 Å². The fraction of sp³-hybridized carbons (Fsp3) is 0.600. The average Bonchev–Trinajstić information content (AvgIpc) is 2.46. The lowest BCUT2D eigenvalue weighted by Gasteiger charge is -2.01. The van der Waals surface area contributed by atoms with Crippen LogP contribution in [-0.4, -0.2) is 4.57 Å². The number of aromatic nitrogens is 1. The van der Waals surface area contributed by atoms with E-state index < -0.39 is 0 Å². The highest BCUT2D eigenvalue weighted by molar-refractivity contribution is 5.18. The highest BCUT2D eigenvalue weighted by Crippen LogP contribution is 2.09. The minimum absolute atomic E-state index is 1.10. The molecule has 0 bridgehead atoms. The van der Waals surface area contributed by atoms with Crippen LogP contribution in [0.25, 0.3) is 0 Å². The Hall–Kier alpha value is -0.720. The van der Waals surface area contributed by atoms with E-state index >= 15 is 0 Å². The first-order valence-electron chi connectivity index (χ1n) is 4.49. The molecule has 0 aromatic carbocycles. The van der Waals surface area contributed by atoms with Crippen molar-refractivity contribution in [3.63, 3.8) is 0 Å². The van der Waals surface area contributed by atoms with Gasteiger partial charge < -0.3 is 4.57 Å². The molecule has 0 fully saturated rings. The summed E-state index contributed by atoms with van der Waals surface area (Å²) in [6, 6.07) is 2.31. The van der Waals surface area contributed by atoms with Crippen molar-refractivity contribution in [2.24, 2.45) is 0 Å². The topological polar surface area (TPSA) is 4.93 Å². The summed E-state index contributed by atoms with van der Waals surface area (Å²) in [6.45, 7) is 7.71. The molecule has 11 heavy (non-hydrogen) atoms. The largest absolute Gasteiger partial charge is 0.351 e. The molecule has 0 atom stereocenters. The lowest BCUT2D eigenvalue weighted by atomic mass is 10.2. The third kappa shape index (κ3) is 1.65. The van der Waals surface area contributed by atoms with Crippen molar-refractivity contribution < 1.29 is 0 Å². The molecular formula is C10H17N. The molecule has 0 aliphatic rings. The van der Waals surface area contributed by atoms with Crippen molar-refractivity contribution in [1.29, 1.82) is 0 Å². The Morgan fingerprint density at radius 2 is 1.91 bits per heavy atom. The molecule has 1 aromatic rings. The average molecular weight is 151 g/mol. The first-order chi connectivity index (χ1) is 5.31. The summed E-state index contributed by atoms with van der Waals surface area (Å²) in [5, 5.41) is 0. The van der Waals surface area contributed by atoms with Gasteiger partial charge in [-0.25, -0.2) is 0 Å². The predicted molar refractivity (Wildman–Crippen MR) is 48.9 cm³/mol. The molecule has 0 spiro atoms. The van der Waals surface area contributed by atoms with Gasteiger partial charge in [0.25, 0.3) is 0 Å². The lowest BCUT2D eigenvalue weighted by Crippen LogP contribution is -1.96. The second kappa shape index (κ2) is 3.61. The first-order valence-corrected chi connectivity index (χ1v) is 4.49. The highest BCUT2D eigenvalue weighted by atomic mass is 15.0. The van der Waals surface area contributed by atoms with E-state index in [0.29, 0.717) is 0 Å². The summed E-state index contributed by atoms with van der Waals surface area (Å²) < 4.78 is 2.33. The summed E-state index contributed by atoms with van der Waals surface area (Å²) in [5.41, 5.74) is 2.92. The third-order valence-electron chi connectivity index (χ3n) is 2.15. The summed E-state index contributed by atoms with van der Waals surface area (Å²) in [4.78, 5) is 0. The van der Waals surface area contributed by atoms with Gasteiger partial charge in [-0.2, -0.15) is 0 Å². The number of rotatable bonds is 3. The van der Waals surface area contributed by atoms with Gasteiger partial charge in [-0.1, -0.05) is 13.8 Å². The molecule has 62 valence electrons. The van der Waals surface area contributed by atoms with Gasteiger partial charge in [-0.05, 0) is 31.4 Å². The van der Waals surface area contributed by atoms with E-state index in [2.05, 4.69) is 37.6 Å². The zero-order valence-electron chi connectivity index (χ0n) is 7.72. The Balaban J connectivity index is 2.92. The standard InChI is InChI=1S/C10H17N/c1-4-9-7-10(5-2)11(6-3)8-9/h7-8H,4-6H2,1-3H3. The fourth-order valence-electron chi connectivity index (χ4n) is 1.41. The highest BCUT2D eigenvalue weighted by Gasteiger charge is 1.99. The van der Waals surface area contributed by atoms with Gasteiger partial charge in [0.15, 0.2) is 0 Å². The molecule has 1 heterocycles. The molecule has 1 aromatic heterocycles. The van der Waals surface area contributed by atoms with Crippen LogP contribution >= 0.6 is 0 Å². The van der Waals surface area contributed by atoms with Gasteiger partial charge in [0.05, 0.1) is 0 Å². The van der Waals surface area contributed by atoms with Crippen molar-refractivity contribution >= 4 is 0 Å². The molecule has 0 N–H and O–H groups in total. The number of hydrogen-bond donors (Lipinski definition) is 0. The van der Waals surface area contributed by atoms with Crippen LogP contribution in [0.15, 0.2) is 12.3 Å². The monoisotopic (exact) mass is 151 g/mol. The second-order valence-electron chi connectivity index (χ2n) is 2.83. The zero-order chi connectivity index (χ0) is 8.27. The molecule has 0 amide bonds. The summed E-state index contributed by atoms with van der Waals surface area (Å²) in [7, 11) is 0. The van der Waals surface area contributed by atoms with Crippen LogP contribution in [0.5, 0.6) is 0 Å². The van der Waals surface area contributed by atoms with E-state index in [9.17, 15) is 0 Å². The van der Waals surface area contributed by atoms with E-state index in [1.807, 2.05) is 0 Å². The molecule has 0 aliphatic carbocycles. The van der Waals surface area contributed by atoms with E-state index in [1.54, 1.807) is 0 Å². The third-order valence-corrected chi connectivity index (χ3v) is 2.15. The van der Waals surface area contributed by atoms with Crippen molar-refractivity contribution in [2.45, 2.75) is 40.2 Å². The number of aryl methyl sites for hydroxylation is 3. The Labute approximate surface area is 69.0 Å². The lowest BCUT2D eigenvalue weighted by molar-refractivity contribution is 0.720. The Morgan fingerprint density at radius 3 is 2.27 bits per heavy atom. The van der Waals surface area contributed by atoms with Crippen molar-refractivity contribution in [2.75, 3.05) is 0 Å². The predicted octanol–water partition coefficient (Wildman–Crippen LogP) is 2.63. The van der Waals surface area contributed by atoms with Crippen LogP contribution in [0.2, 0.25) is 0 Å². The first kappa shape index (κ1) is 8.38. The van der Waals surface area contributed by atoms with E-state index in [0.717, 1.165) is 19.4 Å². The van der Waals surface area contributed by atoms with Gasteiger partial charge in [-0.3, -0.25) is 0 Å². The summed E-state index contributed by atoms with van der Waals surface area (Å²) >= 11 is 0. The Bertz CT molecular complexity index is 201. The van der Waals surface area contributed by atoms with Crippen molar-refractivity contribution in [3.8, 4) is 0 Å². The molecule has 0 saturated heterocycles. The fourth-order valence-corrected chi connectivity index (χ4v) is 1.41. The molecule has 1 rings (SSSR count). The maximum Gasteiger partial charge on any atom is 0.0193 e. The zero-order valence-corrected chi connectivity index (χ0v) is 7.72. The van der Waals surface area contributed by atoms with Crippen LogP contribution in [0.4, 0.5) is 0 Å². The second-order valence-corrected chi connectivity index (χ2v) is 2.83. The minimum atomic E-state index is 1.10. The van der Waals surface area contributed by atoms with Gasteiger partial charge in [0.2, 0.25) is 0 Å². The maximum absolute atomic E-state index is 2.33. The quantitative estimate of drug-likeness (QED) is 0.626. The minimum Gasteiger partial charge on any atom is -0.351 e. The number of hydrogen-bond acceptors (Lipinski definition) is 0. The molecule has 1 nitrogen and oxygen atoms in total. The Kier molecular flexibility index (Phi) is 2.75. The van der Waals surface area contributed by atoms with Crippen molar-refractivity contribution in [1.82, 2.24) is 4.57 Å².